The molecule has 1 aliphatic rings. The fourth-order valence-corrected chi connectivity index (χ4v) is 2.37. The molecule has 1 aromatic rings. The van der Waals surface area contributed by atoms with Crippen LogP contribution in [0.5, 0.6) is 5.75 Å². The summed E-state index contributed by atoms with van der Waals surface area (Å²) in [7, 11) is 1.64. The van der Waals surface area contributed by atoms with Crippen LogP contribution in [0.25, 0.3) is 0 Å². The Kier molecular flexibility index (Phi) is 3.43. The third-order valence-corrected chi connectivity index (χ3v) is 3.56. The lowest BCUT2D eigenvalue weighted by Crippen LogP contribution is -2.42. The van der Waals surface area contributed by atoms with Gasteiger partial charge in [-0.25, -0.2) is 0 Å². The third-order valence-electron chi connectivity index (χ3n) is 3.56. The molecule has 0 aromatic heterocycles. The van der Waals surface area contributed by atoms with E-state index in [2.05, 4.69) is 0 Å². The first kappa shape index (κ1) is 12.7. The fourth-order valence-electron chi connectivity index (χ4n) is 2.37. The van der Waals surface area contributed by atoms with Crippen molar-refractivity contribution < 1.29 is 14.6 Å². The summed E-state index contributed by atoms with van der Waals surface area (Å²) in [5, 5.41) is 9.05. The second-order valence-electron chi connectivity index (χ2n) is 4.55. The number of hydrogen-bond acceptors (Lipinski definition) is 4. The van der Waals surface area contributed by atoms with Crippen LogP contribution in [0.4, 0.5) is 5.69 Å². The number of carboxylic acids is 1. The Bertz CT molecular complexity index is 474. The van der Waals surface area contributed by atoms with E-state index in [0.29, 0.717) is 18.8 Å². The fraction of sp³-hybridized carbons (Fsp3) is 0.462. The molecule has 5 heteroatoms. The molecule has 1 unspecified atom stereocenters. The Labute approximate surface area is 106 Å². The topological polar surface area (TPSA) is 75.8 Å². The Hall–Kier alpha value is -1.75. The van der Waals surface area contributed by atoms with Crippen LogP contribution >= 0.6 is 0 Å². The average Bonchev–Trinajstić information content (AvgIpc) is 2.38. The van der Waals surface area contributed by atoms with Gasteiger partial charge in [0.15, 0.2) is 0 Å². The molecule has 0 radical (unpaired) electrons. The molecular weight excluding hydrogens is 232 g/mol. The summed E-state index contributed by atoms with van der Waals surface area (Å²) in [6.07, 6.45) is 0.765. The van der Waals surface area contributed by atoms with Crippen LogP contribution in [0.2, 0.25) is 0 Å². The van der Waals surface area contributed by atoms with Gasteiger partial charge >= 0.3 is 5.97 Å². The van der Waals surface area contributed by atoms with Gasteiger partial charge < -0.3 is 15.6 Å². The highest BCUT2D eigenvalue weighted by molar-refractivity contribution is 5.73. The molecule has 0 saturated heterocycles. The van der Waals surface area contributed by atoms with Crippen LogP contribution in [0.3, 0.4) is 0 Å². The number of hydrogen-bond donors (Lipinski definition) is 2. The van der Waals surface area contributed by atoms with Gasteiger partial charge in [-0.1, -0.05) is 0 Å². The molecule has 0 bridgehead atoms. The minimum Gasteiger partial charge on any atom is -0.496 e. The van der Waals surface area contributed by atoms with E-state index in [9.17, 15) is 4.79 Å². The third kappa shape index (κ3) is 2.13. The first-order valence-electron chi connectivity index (χ1n) is 5.95. The van der Waals surface area contributed by atoms with Crippen LogP contribution in [0.1, 0.15) is 18.1 Å². The molecule has 5 nitrogen and oxygen atoms in total. The van der Waals surface area contributed by atoms with E-state index in [1.54, 1.807) is 14.0 Å². The van der Waals surface area contributed by atoms with Crippen LogP contribution in [0.15, 0.2) is 12.1 Å². The number of benzene rings is 1. The highest BCUT2D eigenvalue weighted by atomic mass is 16.5. The van der Waals surface area contributed by atoms with Gasteiger partial charge in [-0.15, -0.1) is 0 Å². The lowest BCUT2D eigenvalue weighted by atomic mass is 9.96. The van der Waals surface area contributed by atoms with E-state index >= 15 is 0 Å². The predicted octanol–water partition coefficient (Wildman–Crippen LogP) is 1.11. The van der Waals surface area contributed by atoms with Gasteiger partial charge in [-0.05, 0) is 31.0 Å². The molecule has 1 atom stereocenters. The standard InChI is InChI=1S/C13H18N2O3/c1-8(13(16)17)15-6-5-9-10(7-15)11(14)3-4-12(9)18-2/h3-4,8H,5-7,14H2,1-2H3,(H,16,17). The molecule has 3 N–H and O–H groups in total. The van der Waals surface area contributed by atoms with Gasteiger partial charge in [-0.3, -0.25) is 9.69 Å². The van der Waals surface area contributed by atoms with E-state index in [1.807, 2.05) is 17.0 Å². The van der Waals surface area contributed by atoms with Crippen molar-refractivity contribution >= 4 is 11.7 Å². The normalized spacial score (nSPS) is 17.0. The van der Waals surface area contributed by atoms with Gasteiger partial charge in [0.25, 0.3) is 0 Å². The highest BCUT2D eigenvalue weighted by Gasteiger charge is 2.27. The lowest BCUT2D eigenvalue weighted by Gasteiger charge is -2.32. The molecule has 0 fully saturated rings. The first-order chi connectivity index (χ1) is 8.54. The second-order valence-corrected chi connectivity index (χ2v) is 4.55. The van der Waals surface area contributed by atoms with Gasteiger partial charge in [0, 0.05) is 24.3 Å². The zero-order chi connectivity index (χ0) is 13.3. The molecular formula is C13H18N2O3. The van der Waals surface area contributed by atoms with Crippen LogP contribution < -0.4 is 10.5 Å². The Balaban J connectivity index is 2.31. The number of carboxylic acid groups (broad SMARTS) is 1. The van der Waals surface area contributed by atoms with E-state index in [0.717, 1.165) is 23.3 Å². The maximum absolute atomic E-state index is 11.0. The number of rotatable bonds is 3. The molecule has 0 amide bonds. The Morgan fingerprint density at radius 3 is 2.83 bits per heavy atom. The van der Waals surface area contributed by atoms with Gasteiger partial charge in [0.1, 0.15) is 11.8 Å². The molecule has 1 aliphatic heterocycles. The van der Waals surface area contributed by atoms with Crippen molar-refractivity contribution in [2.75, 3.05) is 19.4 Å². The molecule has 1 aromatic carbocycles. The smallest absolute Gasteiger partial charge is 0.320 e. The van der Waals surface area contributed by atoms with E-state index in [1.165, 1.54) is 0 Å². The van der Waals surface area contributed by atoms with Gasteiger partial charge in [-0.2, -0.15) is 0 Å². The first-order valence-corrected chi connectivity index (χ1v) is 5.95. The number of aliphatic carboxylic acids is 1. The number of carbonyl (C=O) groups is 1. The maximum atomic E-state index is 11.0. The zero-order valence-corrected chi connectivity index (χ0v) is 10.6. The second kappa shape index (κ2) is 4.86. The minimum absolute atomic E-state index is 0.497. The summed E-state index contributed by atoms with van der Waals surface area (Å²) >= 11 is 0. The molecule has 0 aliphatic carbocycles. The van der Waals surface area contributed by atoms with E-state index in [-0.39, 0.29) is 0 Å². The summed E-state index contributed by atoms with van der Waals surface area (Å²) in [5.41, 5.74) is 8.77. The monoisotopic (exact) mass is 250 g/mol. The molecule has 2 rings (SSSR count). The van der Waals surface area contributed by atoms with Crippen LogP contribution in [0, 0.1) is 0 Å². The summed E-state index contributed by atoms with van der Waals surface area (Å²) in [6.45, 7) is 2.97. The van der Waals surface area contributed by atoms with Gasteiger partial charge in [0.2, 0.25) is 0 Å². The predicted molar refractivity (Wildman–Crippen MR) is 68.6 cm³/mol. The van der Waals surface area contributed by atoms with Crippen molar-refractivity contribution in [3.8, 4) is 5.75 Å². The quantitative estimate of drug-likeness (QED) is 0.786. The number of fused-ring (bicyclic) bond motifs is 1. The summed E-state index contributed by atoms with van der Waals surface area (Å²) < 4.78 is 5.32. The van der Waals surface area contributed by atoms with Crippen molar-refractivity contribution in [1.29, 1.82) is 0 Å². The average molecular weight is 250 g/mol. The zero-order valence-electron chi connectivity index (χ0n) is 10.6. The van der Waals surface area contributed by atoms with Crippen molar-refractivity contribution in [1.82, 2.24) is 4.90 Å². The molecule has 0 spiro atoms. The largest absolute Gasteiger partial charge is 0.496 e. The van der Waals surface area contributed by atoms with Crippen LogP contribution in [-0.2, 0) is 17.8 Å². The number of nitrogen functional groups attached to an aromatic ring is 1. The van der Waals surface area contributed by atoms with Crippen molar-refractivity contribution in [2.45, 2.75) is 25.9 Å². The molecule has 18 heavy (non-hydrogen) atoms. The Morgan fingerprint density at radius 2 is 2.22 bits per heavy atom. The highest BCUT2D eigenvalue weighted by Crippen LogP contribution is 2.32. The maximum Gasteiger partial charge on any atom is 0.320 e. The van der Waals surface area contributed by atoms with Gasteiger partial charge in [0.05, 0.1) is 7.11 Å². The minimum atomic E-state index is -0.806. The number of methoxy groups -OCH3 is 1. The van der Waals surface area contributed by atoms with Crippen molar-refractivity contribution in [3.05, 3.63) is 23.3 Å². The number of anilines is 1. The molecule has 0 saturated carbocycles. The number of nitrogens with zero attached hydrogens (tertiary/aromatic N) is 1. The van der Waals surface area contributed by atoms with Crippen LogP contribution in [-0.4, -0.2) is 35.7 Å². The van der Waals surface area contributed by atoms with Crippen molar-refractivity contribution in [3.63, 3.8) is 0 Å². The summed E-state index contributed by atoms with van der Waals surface area (Å²) in [4.78, 5) is 12.9. The lowest BCUT2D eigenvalue weighted by molar-refractivity contribution is -0.143. The summed E-state index contributed by atoms with van der Waals surface area (Å²) in [6, 6.07) is 3.18. The van der Waals surface area contributed by atoms with E-state index < -0.39 is 12.0 Å². The van der Waals surface area contributed by atoms with E-state index in [4.69, 9.17) is 15.6 Å². The molecule has 98 valence electrons. The SMILES string of the molecule is COc1ccc(N)c2c1CCN(C(C)C(=O)O)C2. The Morgan fingerprint density at radius 1 is 1.50 bits per heavy atom. The van der Waals surface area contributed by atoms with Crippen molar-refractivity contribution in [2.24, 2.45) is 0 Å². The number of nitrogens with two attached hydrogens (primary N) is 1. The number of ether oxygens (including phenoxy) is 1. The summed E-state index contributed by atoms with van der Waals surface area (Å²) in [5.74, 6) is 0.0294. The molecule has 1 heterocycles.